The van der Waals surface area contributed by atoms with E-state index in [1.54, 1.807) is 25.1 Å². The lowest BCUT2D eigenvalue weighted by atomic mass is 9.77. The summed E-state index contributed by atoms with van der Waals surface area (Å²) in [6, 6.07) is 11.9. The number of aliphatic hydroxyl groups is 2. The van der Waals surface area contributed by atoms with E-state index in [1.807, 2.05) is 52.1 Å². The fourth-order valence-electron chi connectivity index (χ4n) is 6.57. The Kier molecular flexibility index (Phi) is 6.95. The van der Waals surface area contributed by atoms with Gasteiger partial charge in [0.05, 0.1) is 60.0 Å². The maximum atomic E-state index is 14.2. The van der Waals surface area contributed by atoms with Gasteiger partial charge in [-0.25, -0.2) is 17.6 Å². The van der Waals surface area contributed by atoms with E-state index < -0.39 is 45.9 Å². The van der Waals surface area contributed by atoms with E-state index >= 15 is 0 Å². The van der Waals surface area contributed by atoms with Crippen LogP contribution in [0.15, 0.2) is 77.4 Å². The number of fused-ring (bicyclic) bond motifs is 4. The Balaban J connectivity index is 1.36. The highest BCUT2D eigenvalue weighted by molar-refractivity contribution is 7.93. The molecule has 1 fully saturated rings. The molecule has 1 saturated heterocycles. The third-order valence-electron chi connectivity index (χ3n) is 8.66. The summed E-state index contributed by atoms with van der Waals surface area (Å²) in [6.45, 7) is 4.10. The van der Waals surface area contributed by atoms with Crippen LogP contribution in [0.3, 0.4) is 0 Å². The number of carboxylic acids is 1. The summed E-state index contributed by atoms with van der Waals surface area (Å²) in [5.41, 5.74) is 2.46. The number of aliphatic hydroxyl groups excluding tert-OH is 2. The molecule has 6 rings (SSSR count). The molecule has 3 aliphatic rings. The van der Waals surface area contributed by atoms with Crippen molar-refractivity contribution in [2.45, 2.75) is 50.4 Å². The summed E-state index contributed by atoms with van der Waals surface area (Å²) in [7, 11) is -4.13. The second-order valence-electron chi connectivity index (χ2n) is 11.1. The molecule has 0 aliphatic carbocycles. The van der Waals surface area contributed by atoms with Crippen LogP contribution >= 0.6 is 0 Å². The van der Waals surface area contributed by atoms with Crippen LogP contribution in [0, 0.1) is 11.8 Å². The van der Waals surface area contributed by atoms with Gasteiger partial charge in [0.1, 0.15) is 18.9 Å². The second-order valence-corrected chi connectivity index (χ2v) is 13.0. The number of hydrogen-bond donors (Lipinski definition) is 2. The molecule has 1 aromatic heterocycles. The Morgan fingerprint density at radius 1 is 1.17 bits per heavy atom. The number of rotatable bonds is 9. The highest BCUT2D eigenvalue weighted by atomic mass is 32.2. The van der Waals surface area contributed by atoms with Gasteiger partial charge in [-0.2, -0.15) is 0 Å². The van der Waals surface area contributed by atoms with Gasteiger partial charge < -0.3 is 25.0 Å². The third kappa shape index (κ3) is 4.32. The van der Waals surface area contributed by atoms with Crippen molar-refractivity contribution in [3.63, 3.8) is 0 Å². The zero-order valence-electron chi connectivity index (χ0n) is 23.3. The topological polar surface area (TPSA) is 147 Å². The molecular weight excluding hydrogens is 560 g/mol. The maximum absolute atomic E-state index is 14.2. The van der Waals surface area contributed by atoms with Crippen LogP contribution < -0.4 is 14.0 Å². The van der Waals surface area contributed by atoms with Crippen molar-refractivity contribution < 1.29 is 37.9 Å². The Morgan fingerprint density at radius 2 is 1.93 bits per heavy atom. The van der Waals surface area contributed by atoms with Crippen molar-refractivity contribution >= 4 is 27.6 Å². The third-order valence-corrected chi connectivity index (χ3v) is 10.5. The van der Waals surface area contributed by atoms with Gasteiger partial charge in [-0.15, -0.1) is 0 Å². The van der Waals surface area contributed by atoms with Crippen LogP contribution in [0.1, 0.15) is 19.4 Å². The monoisotopic (exact) mass is 592 g/mol. The number of anilines is 1. The number of nitrogens with zero attached hydrogens (tertiary/aromatic N) is 4. The van der Waals surface area contributed by atoms with Gasteiger partial charge >= 0.3 is 0 Å². The number of carbonyl (C=O) groups excluding carboxylic acids is 2. The van der Waals surface area contributed by atoms with Crippen molar-refractivity contribution in [2.75, 3.05) is 17.5 Å². The molecule has 3 aromatic rings. The minimum atomic E-state index is -4.13. The largest absolute Gasteiger partial charge is 0.543 e. The molecular formula is C30H32N4O7S. The summed E-state index contributed by atoms with van der Waals surface area (Å²) in [4.78, 5) is 26.4. The van der Waals surface area contributed by atoms with E-state index in [4.69, 9.17) is 5.11 Å². The number of carbonyl (C=O) groups is 2. The number of aliphatic carboxylic acids is 1. The molecule has 0 spiro atoms. The molecule has 220 valence electrons. The Hall–Kier alpha value is -4.00. The standard InChI is InChI=1S/C30H32N4O7S/c1-18-23(28(30(38)39)34-27(18)26(19(2)36)29(34)37)16-33-24-6-4-3-5-21(24)22-8-7-20(15-25(22)42(33,40)41)9-10-31-11-12-32(17-31)13-14-35/h3-8,11-12,15,17-19,26-27,35-36H,9-10,13-14,16H2,1-2H3/t18-,19+,26+,27+/m0/s1. The predicted molar refractivity (Wildman–Crippen MR) is 149 cm³/mol. The van der Waals surface area contributed by atoms with Gasteiger partial charge in [-0.1, -0.05) is 37.3 Å². The number of imidazole rings is 1. The molecule has 42 heavy (non-hydrogen) atoms. The zero-order valence-corrected chi connectivity index (χ0v) is 24.1. The number of benzene rings is 2. The van der Waals surface area contributed by atoms with Crippen LogP contribution in [-0.4, -0.2) is 65.3 Å². The van der Waals surface area contributed by atoms with Crippen LogP contribution in [0.25, 0.3) is 11.1 Å². The number of sulfonamides is 1. The first-order valence-electron chi connectivity index (χ1n) is 13.9. The average molecular weight is 593 g/mol. The van der Waals surface area contributed by atoms with Gasteiger partial charge in [0.15, 0.2) is 0 Å². The van der Waals surface area contributed by atoms with Gasteiger partial charge in [0, 0.05) is 23.5 Å². The molecule has 3 aliphatic heterocycles. The van der Waals surface area contributed by atoms with E-state index in [0.717, 1.165) is 10.5 Å². The van der Waals surface area contributed by atoms with E-state index in [9.17, 15) is 28.2 Å². The quantitative estimate of drug-likeness (QED) is 0.264. The van der Waals surface area contributed by atoms with E-state index in [1.165, 1.54) is 11.2 Å². The number of amides is 1. The molecule has 0 saturated carbocycles. The van der Waals surface area contributed by atoms with Crippen molar-refractivity contribution in [1.82, 2.24) is 9.47 Å². The lowest BCUT2D eigenvalue weighted by molar-refractivity contribution is -0.697. The summed E-state index contributed by atoms with van der Waals surface area (Å²) < 4.78 is 33.5. The molecule has 2 aromatic carbocycles. The highest BCUT2D eigenvalue weighted by Crippen LogP contribution is 2.49. The van der Waals surface area contributed by atoms with Crippen molar-refractivity contribution in [3.8, 4) is 11.1 Å². The number of aromatic nitrogens is 2. The van der Waals surface area contributed by atoms with Crippen molar-refractivity contribution in [1.29, 1.82) is 0 Å². The van der Waals surface area contributed by atoms with Gasteiger partial charge in [0.25, 0.3) is 10.0 Å². The summed E-state index contributed by atoms with van der Waals surface area (Å²) in [6.07, 6.45) is 5.23. The zero-order chi connectivity index (χ0) is 29.9. The van der Waals surface area contributed by atoms with Crippen LogP contribution in [0.4, 0.5) is 5.69 Å². The number of para-hydroxylation sites is 1. The van der Waals surface area contributed by atoms with E-state index in [0.29, 0.717) is 36.3 Å². The minimum Gasteiger partial charge on any atom is -0.543 e. The first-order valence-corrected chi connectivity index (χ1v) is 15.3. The van der Waals surface area contributed by atoms with E-state index in [-0.39, 0.29) is 29.3 Å². The molecule has 0 radical (unpaired) electrons. The van der Waals surface area contributed by atoms with Crippen LogP contribution in [0.2, 0.25) is 0 Å². The molecule has 12 heteroatoms. The Morgan fingerprint density at radius 3 is 2.64 bits per heavy atom. The first kappa shape index (κ1) is 28.1. The number of carboxylic acid groups (broad SMARTS) is 1. The maximum Gasteiger partial charge on any atom is 0.265 e. The summed E-state index contributed by atoms with van der Waals surface area (Å²) in [5, 5.41) is 31.6. The lowest BCUT2D eigenvalue weighted by Crippen LogP contribution is -2.64. The molecule has 4 atom stereocenters. The van der Waals surface area contributed by atoms with Gasteiger partial charge in [-0.05, 0) is 30.2 Å². The van der Waals surface area contributed by atoms with E-state index in [2.05, 4.69) is 0 Å². The molecule has 2 N–H and O–H groups in total. The predicted octanol–water partition coefficient (Wildman–Crippen LogP) is 0.0478. The van der Waals surface area contributed by atoms with Crippen LogP contribution in [-0.2, 0) is 39.1 Å². The van der Waals surface area contributed by atoms with Gasteiger partial charge in [-0.3, -0.25) is 9.10 Å². The number of β-lactam (4-membered cyclic amide) rings is 1. The number of hydrogen-bond acceptors (Lipinski definition) is 7. The molecule has 4 heterocycles. The second kappa shape index (κ2) is 10.4. The summed E-state index contributed by atoms with van der Waals surface area (Å²) >= 11 is 0. The SMILES string of the molecule is C[C@@H](O)[C@H]1C(=O)N2C(C(=O)[O-])=C(CN3c4ccccc4-c4ccc(CCn5cc[n+](CCO)c5)cc4S3(=O)=O)[C@H](C)[C@H]12. The first-order chi connectivity index (χ1) is 20.0. The molecule has 11 nitrogen and oxygen atoms in total. The number of aryl methyl sites for hydroxylation is 2. The Labute approximate surface area is 243 Å². The fraction of sp³-hybridized carbons (Fsp3) is 0.367. The van der Waals surface area contributed by atoms with Gasteiger partial charge in [0.2, 0.25) is 12.2 Å². The van der Waals surface area contributed by atoms with Crippen molar-refractivity contribution in [3.05, 3.63) is 78.0 Å². The lowest BCUT2D eigenvalue weighted by Gasteiger charge is -2.47. The molecule has 0 unspecified atom stereocenters. The summed E-state index contributed by atoms with van der Waals surface area (Å²) in [5.74, 6) is -3.32. The Bertz CT molecular complexity index is 1730. The minimum absolute atomic E-state index is 0.0334. The fourth-order valence-corrected chi connectivity index (χ4v) is 8.29. The van der Waals surface area contributed by atoms with Crippen molar-refractivity contribution in [2.24, 2.45) is 11.8 Å². The van der Waals surface area contributed by atoms with Crippen LogP contribution in [0.5, 0.6) is 0 Å². The highest BCUT2D eigenvalue weighted by Gasteiger charge is 2.59. The normalized spacial score (nSPS) is 22.9. The molecule has 0 bridgehead atoms. The average Bonchev–Trinajstić information content (AvgIpc) is 3.50. The molecule has 1 amide bonds. The smallest absolute Gasteiger partial charge is 0.265 e.